The molecule has 0 radical (unpaired) electrons. The Morgan fingerprint density at radius 2 is 2.00 bits per heavy atom. The molecule has 0 aliphatic rings. The zero-order valence-electron chi connectivity index (χ0n) is 7.55. The van der Waals surface area contributed by atoms with Gasteiger partial charge >= 0.3 is 0 Å². The molecule has 1 aromatic rings. The van der Waals surface area contributed by atoms with Gasteiger partial charge in [-0.15, -0.1) is 0 Å². The third kappa shape index (κ3) is 3.27. The Bertz CT molecular complexity index is 251. The Morgan fingerprint density at radius 1 is 1.38 bits per heavy atom. The second kappa shape index (κ2) is 6.22. The molecule has 0 fully saturated rings. The van der Waals surface area contributed by atoms with Gasteiger partial charge in [-0.2, -0.15) is 0 Å². The smallest absolute Gasteiger partial charge is 0.160 e. The molecule has 13 heavy (non-hydrogen) atoms. The minimum atomic E-state index is 0.199. The summed E-state index contributed by atoms with van der Waals surface area (Å²) in [6.45, 7) is 2.06. The molecule has 0 spiro atoms. The van der Waals surface area contributed by atoms with Gasteiger partial charge in [-0.1, -0.05) is 13.0 Å². The number of phenols is 1. The van der Waals surface area contributed by atoms with Gasteiger partial charge < -0.3 is 9.84 Å². The van der Waals surface area contributed by atoms with E-state index in [4.69, 9.17) is 13.9 Å². The number of aryl methyl sites for hydroxylation is 1. The first-order chi connectivity index (χ1) is 6.27. The lowest BCUT2D eigenvalue weighted by molar-refractivity contribution is 0.108. The van der Waals surface area contributed by atoms with Crippen LogP contribution in [-0.4, -0.2) is 12.2 Å². The molecule has 0 unspecified atom stereocenters. The summed E-state index contributed by atoms with van der Waals surface area (Å²) in [5, 5.41) is 9.21. The molecule has 0 amide bonds. The molecule has 0 aliphatic heterocycles. The Balaban J connectivity index is 0.000000671. The van der Waals surface area contributed by atoms with E-state index in [1.807, 2.05) is 12.1 Å². The monoisotopic (exact) mass is 190 g/mol. The standard InChI is InChI=1S/C9H12O2.F2/c1-3-7-4-5-8(10)9(6-7)11-2;1-2/h4-6,10H,3H2,1-2H3;. The molecule has 0 saturated carbocycles. The average molecular weight is 190 g/mol. The Morgan fingerprint density at radius 3 is 2.46 bits per heavy atom. The van der Waals surface area contributed by atoms with Crippen LogP contribution in [0.2, 0.25) is 0 Å². The molecule has 1 N–H and O–H groups in total. The third-order valence-electron chi connectivity index (χ3n) is 1.65. The van der Waals surface area contributed by atoms with Crippen LogP contribution in [0.3, 0.4) is 0 Å². The zero-order chi connectivity index (χ0) is 10.3. The van der Waals surface area contributed by atoms with Crippen molar-refractivity contribution in [2.24, 2.45) is 0 Å². The fourth-order valence-corrected chi connectivity index (χ4v) is 0.942. The van der Waals surface area contributed by atoms with E-state index < -0.39 is 0 Å². The quantitative estimate of drug-likeness (QED) is 0.777. The van der Waals surface area contributed by atoms with Gasteiger partial charge in [0.15, 0.2) is 11.5 Å². The van der Waals surface area contributed by atoms with E-state index in [-0.39, 0.29) is 5.75 Å². The summed E-state index contributed by atoms with van der Waals surface area (Å²) in [6.07, 6.45) is 0.955. The van der Waals surface area contributed by atoms with Gasteiger partial charge in [-0.05, 0) is 24.1 Å². The van der Waals surface area contributed by atoms with Crippen molar-refractivity contribution in [2.45, 2.75) is 13.3 Å². The van der Waals surface area contributed by atoms with Gasteiger partial charge in [0.25, 0.3) is 0 Å². The SMILES string of the molecule is CCc1ccc(O)c(OC)c1.FF. The number of halogens is 2. The van der Waals surface area contributed by atoms with E-state index in [0.717, 1.165) is 6.42 Å². The van der Waals surface area contributed by atoms with Crippen molar-refractivity contribution < 1.29 is 19.0 Å². The zero-order valence-corrected chi connectivity index (χ0v) is 7.55. The Labute approximate surface area is 75.6 Å². The first-order valence-electron chi connectivity index (χ1n) is 3.78. The normalized spacial score (nSPS) is 8.62. The van der Waals surface area contributed by atoms with Crippen LogP contribution >= 0.6 is 0 Å². The van der Waals surface area contributed by atoms with Crippen LogP contribution in [0.1, 0.15) is 12.5 Å². The predicted molar refractivity (Wildman–Crippen MR) is 46.3 cm³/mol. The highest BCUT2D eigenvalue weighted by molar-refractivity contribution is 5.41. The number of aromatic hydroxyl groups is 1. The van der Waals surface area contributed by atoms with E-state index >= 15 is 0 Å². The van der Waals surface area contributed by atoms with E-state index in [1.165, 1.54) is 5.56 Å². The number of hydrogen-bond donors (Lipinski definition) is 1. The van der Waals surface area contributed by atoms with Crippen molar-refractivity contribution in [3.8, 4) is 11.5 Å². The molecule has 0 heterocycles. The molecule has 1 rings (SSSR count). The predicted octanol–water partition coefficient (Wildman–Crippen LogP) is 2.80. The molecule has 4 heteroatoms. The highest BCUT2D eigenvalue weighted by Crippen LogP contribution is 2.26. The van der Waals surface area contributed by atoms with Gasteiger partial charge in [0.2, 0.25) is 0 Å². The fourth-order valence-electron chi connectivity index (χ4n) is 0.942. The topological polar surface area (TPSA) is 29.5 Å². The van der Waals surface area contributed by atoms with Gasteiger partial charge in [-0.3, -0.25) is 0 Å². The van der Waals surface area contributed by atoms with Gasteiger partial charge in [-0.25, -0.2) is 0 Å². The number of phenolic OH excluding ortho intramolecular Hbond substituents is 1. The number of methoxy groups -OCH3 is 1. The summed E-state index contributed by atoms with van der Waals surface area (Å²) in [5.41, 5.74) is 1.17. The van der Waals surface area contributed by atoms with E-state index in [2.05, 4.69) is 6.92 Å². The molecule has 0 aliphatic carbocycles. The summed E-state index contributed by atoms with van der Waals surface area (Å²) in [7, 11) is 1.55. The van der Waals surface area contributed by atoms with Gasteiger partial charge in [0.1, 0.15) is 0 Å². The van der Waals surface area contributed by atoms with Crippen LogP contribution < -0.4 is 4.74 Å². The number of rotatable bonds is 2. The van der Waals surface area contributed by atoms with E-state index in [0.29, 0.717) is 5.75 Å². The lowest BCUT2D eigenvalue weighted by atomic mass is 10.1. The van der Waals surface area contributed by atoms with Crippen molar-refractivity contribution in [3.63, 3.8) is 0 Å². The Kier molecular flexibility index (Phi) is 5.59. The summed E-state index contributed by atoms with van der Waals surface area (Å²) in [4.78, 5) is 0. The molecule has 2 nitrogen and oxygen atoms in total. The van der Waals surface area contributed by atoms with Crippen molar-refractivity contribution in [1.29, 1.82) is 0 Å². The highest BCUT2D eigenvalue weighted by atomic mass is 20.0. The first-order valence-corrected chi connectivity index (χ1v) is 3.78. The highest BCUT2D eigenvalue weighted by Gasteiger charge is 1.99. The molecule has 0 aromatic heterocycles. The number of hydrogen-bond acceptors (Lipinski definition) is 2. The Hall–Kier alpha value is -1.32. The molecule has 1 aromatic carbocycles. The van der Waals surface area contributed by atoms with Gasteiger partial charge in [0.05, 0.1) is 7.11 Å². The summed E-state index contributed by atoms with van der Waals surface area (Å²) in [6, 6.07) is 5.38. The molecule has 0 bridgehead atoms. The largest absolute Gasteiger partial charge is 0.504 e. The average Bonchev–Trinajstić information content (AvgIpc) is 2.22. The van der Waals surface area contributed by atoms with Crippen molar-refractivity contribution >= 4 is 0 Å². The lowest BCUT2D eigenvalue weighted by Crippen LogP contribution is -1.86. The van der Waals surface area contributed by atoms with Crippen molar-refractivity contribution in [2.75, 3.05) is 7.11 Å². The van der Waals surface area contributed by atoms with E-state index in [1.54, 1.807) is 13.2 Å². The molecule has 0 atom stereocenters. The number of benzene rings is 1. The van der Waals surface area contributed by atoms with E-state index in [9.17, 15) is 5.11 Å². The lowest BCUT2D eigenvalue weighted by Gasteiger charge is -2.03. The summed E-state index contributed by atoms with van der Waals surface area (Å²) >= 11 is 0. The number of ether oxygens (including phenoxy) is 1. The molecule has 0 saturated heterocycles. The third-order valence-corrected chi connectivity index (χ3v) is 1.65. The molecule has 74 valence electrons. The van der Waals surface area contributed by atoms with Crippen LogP contribution in [0.25, 0.3) is 0 Å². The first kappa shape index (κ1) is 11.7. The fraction of sp³-hybridized carbons (Fsp3) is 0.333. The minimum absolute atomic E-state index is 0.199. The van der Waals surface area contributed by atoms with Crippen LogP contribution in [0.15, 0.2) is 18.2 Å². The van der Waals surface area contributed by atoms with Crippen LogP contribution in [0.5, 0.6) is 11.5 Å². The maximum atomic E-state index is 9.21. The summed E-state index contributed by atoms with van der Waals surface area (Å²) in [5.74, 6) is 0.744. The minimum Gasteiger partial charge on any atom is -0.504 e. The molecular weight excluding hydrogens is 178 g/mol. The maximum Gasteiger partial charge on any atom is 0.160 e. The van der Waals surface area contributed by atoms with Crippen LogP contribution in [-0.2, 0) is 6.42 Å². The second-order valence-corrected chi connectivity index (χ2v) is 2.36. The van der Waals surface area contributed by atoms with Crippen LogP contribution in [0.4, 0.5) is 9.15 Å². The molecular formula is C9H12F2O2. The van der Waals surface area contributed by atoms with Crippen LogP contribution in [0, 0.1) is 0 Å². The van der Waals surface area contributed by atoms with Crippen molar-refractivity contribution in [3.05, 3.63) is 23.8 Å². The van der Waals surface area contributed by atoms with Crippen molar-refractivity contribution in [1.82, 2.24) is 0 Å². The summed E-state index contributed by atoms with van der Waals surface area (Å²) < 4.78 is 20.9. The maximum absolute atomic E-state index is 9.21. The van der Waals surface area contributed by atoms with Gasteiger partial charge in [0, 0.05) is 9.15 Å². The second-order valence-electron chi connectivity index (χ2n) is 2.36.